The molecule has 32 heavy (non-hydrogen) atoms. The second-order valence-corrected chi connectivity index (χ2v) is 8.81. The van der Waals surface area contributed by atoms with Crippen molar-refractivity contribution in [3.63, 3.8) is 0 Å². The molecule has 164 valence electrons. The Labute approximate surface area is 189 Å². The summed E-state index contributed by atoms with van der Waals surface area (Å²) in [6, 6.07) is 22.2. The first kappa shape index (κ1) is 20.9. The SMILES string of the molecule is CNC(C)c1ccc(CN(Cc2nc3ccccc3[nH]2)C2CCCc3cccnc32)cc1. The van der Waals surface area contributed by atoms with Crippen molar-refractivity contribution in [1.82, 2.24) is 25.2 Å². The highest BCUT2D eigenvalue weighted by atomic mass is 15.2. The van der Waals surface area contributed by atoms with Crippen molar-refractivity contribution in [2.45, 2.75) is 51.4 Å². The minimum atomic E-state index is 0.295. The van der Waals surface area contributed by atoms with Gasteiger partial charge in [0, 0.05) is 18.8 Å². The minimum Gasteiger partial charge on any atom is -0.341 e. The number of imidazole rings is 1. The number of pyridine rings is 1. The number of benzene rings is 2. The van der Waals surface area contributed by atoms with Gasteiger partial charge in [-0.25, -0.2) is 4.98 Å². The smallest absolute Gasteiger partial charge is 0.121 e. The molecule has 1 aliphatic rings. The summed E-state index contributed by atoms with van der Waals surface area (Å²) in [5.41, 5.74) is 7.36. The molecule has 0 spiro atoms. The van der Waals surface area contributed by atoms with E-state index in [9.17, 15) is 0 Å². The predicted molar refractivity (Wildman–Crippen MR) is 129 cm³/mol. The van der Waals surface area contributed by atoms with E-state index >= 15 is 0 Å². The Morgan fingerprint density at radius 1 is 1.06 bits per heavy atom. The monoisotopic (exact) mass is 425 g/mol. The lowest BCUT2D eigenvalue weighted by Gasteiger charge is -2.34. The molecule has 2 unspecified atom stereocenters. The van der Waals surface area contributed by atoms with Gasteiger partial charge in [-0.2, -0.15) is 0 Å². The van der Waals surface area contributed by atoms with E-state index in [-0.39, 0.29) is 0 Å². The van der Waals surface area contributed by atoms with Crippen molar-refractivity contribution in [3.05, 3.63) is 95.1 Å². The standard InChI is InChI=1S/C27H31N5/c1-19(28-2)21-14-12-20(13-15-21)17-32(18-26-30-23-9-3-4-10-24(23)31-26)25-11-5-7-22-8-6-16-29-27(22)25/h3-4,6,8-10,12-16,19,25,28H,5,7,11,17-18H2,1-2H3,(H,30,31). The van der Waals surface area contributed by atoms with Gasteiger partial charge in [0.15, 0.2) is 0 Å². The lowest BCUT2D eigenvalue weighted by molar-refractivity contribution is 0.153. The fraction of sp³-hybridized carbons (Fsp3) is 0.333. The lowest BCUT2D eigenvalue weighted by atomic mass is 9.90. The highest BCUT2D eigenvalue weighted by molar-refractivity contribution is 5.74. The van der Waals surface area contributed by atoms with E-state index in [2.05, 4.69) is 76.7 Å². The number of H-pyrrole nitrogens is 1. The van der Waals surface area contributed by atoms with E-state index in [1.54, 1.807) is 0 Å². The molecule has 2 atom stereocenters. The van der Waals surface area contributed by atoms with Gasteiger partial charge < -0.3 is 10.3 Å². The van der Waals surface area contributed by atoms with Crippen LogP contribution in [0.15, 0.2) is 66.9 Å². The van der Waals surface area contributed by atoms with Crippen LogP contribution in [0, 0.1) is 0 Å². The molecule has 5 nitrogen and oxygen atoms in total. The Hall–Kier alpha value is -3.02. The maximum atomic E-state index is 4.87. The van der Waals surface area contributed by atoms with Crippen LogP contribution in [0.2, 0.25) is 0 Å². The second kappa shape index (κ2) is 9.23. The molecule has 2 heterocycles. The highest BCUT2D eigenvalue weighted by Gasteiger charge is 2.28. The number of aromatic amines is 1. The molecule has 4 aromatic rings. The number of aryl methyl sites for hydroxylation is 1. The maximum Gasteiger partial charge on any atom is 0.121 e. The van der Waals surface area contributed by atoms with Gasteiger partial charge in [-0.3, -0.25) is 9.88 Å². The van der Waals surface area contributed by atoms with Crippen LogP contribution in [-0.2, 0) is 19.5 Å². The van der Waals surface area contributed by atoms with Gasteiger partial charge in [0.25, 0.3) is 0 Å². The summed E-state index contributed by atoms with van der Waals surface area (Å²) in [6.07, 6.45) is 5.37. The summed E-state index contributed by atoms with van der Waals surface area (Å²) in [4.78, 5) is 15.7. The van der Waals surface area contributed by atoms with Crippen LogP contribution in [0.4, 0.5) is 0 Å². The van der Waals surface area contributed by atoms with Crippen LogP contribution in [-0.4, -0.2) is 26.9 Å². The molecule has 0 amide bonds. The van der Waals surface area contributed by atoms with Crippen LogP contribution in [0.5, 0.6) is 0 Å². The zero-order valence-electron chi connectivity index (χ0n) is 18.9. The summed E-state index contributed by atoms with van der Waals surface area (Å²) >= 11 is 0. The first-order valence-electron chi connectivity index (χ1n) is 11.6. The van der Waals surface area contributed by atoms with E-state index in [1.807, 2.05) is 19.3 Å². The van der Waals surface area contributed by atoms with E-state index in [0.717, 1.165) is 42.8 Å². The molecule has 5 heteroatoms. The number of aromatic nitrogens is 3. The number of hydrogen-bond donors (Lipinski definition) is 2. The molecular weight excluding hydrogens is 394 g/mol. The quantitative estimate of drug-likeness (QED) is 0.421. The molecule has 2 N–H and O–H groups in total. The normalized spacial score (nSPS) is 16.9. The number of fused-ring (bicyclic) bond motifs is 2. The summed E-state index contributed by atoms with van der Waals surface area (Å²) in [5.74, 6) is 1.01. The zero-order chi connectivity index (χ0) is 21.9. The Balaban J connectivity index is 1.46. The van der Waals surface area contributed by atoms with Crippen LogP contribution in [0.1, 0.15) is 60.1 Å². The molecule has 5 rings (SSSR count). The number of nitrogens with one attached hydrogen (secondary N) is 2. The summed E-state index contributed by atoms with van der Waals surface area (Å²) in [6.45, 7) is 3.82. The molecular formula is C27H31N5. The summed E-state index contributed by atoms with van der Waals surface area (Å²) in [5, 5.41) is 3.32. The molecule has 0 saturated heterocycles. The Morgan fingerprint density at radius 2 is 1.91 bits per heavy atom. The first-order chi connectivity index (χ1) is 15.7. The van der Waals surface area contributed by atoms with E-state index < -0.39 is 0 Å². The Morgan fingerprint density at radius 3 is 2.72 bits per heavy atom. The number of nitrogens with zero attached hydrogens (tertiary/aromatic N) is 3. The third-order valence-corrected chi connectivity index (χ3v) is 6.70. The molecule has 0 fully saturated rings. The molecule has 0 radical (unpaired) electrons. The van der Waals surface area contributed by atoms with Crippen molar-refractivity contribution in [1.29, 1.82) is 0 Å². The van der Waals surface area contributed by atoms with Gasteiger partial charge in [0.1, 0.15) is 5.82 Å². The highest BCUT2D eigenvalue weighted by Crippen LogP contribution is 2.34. The number of hydrogen-bond acceptors (Lipinski definition) is 4. The minimum absolute atomic E-state index is 0.295. The van der Waals surface area contributed by atoms with Gasteiger partial charge >= 0.3 is 0 Å². The fourth-order valence-corrected chi connectivity index (χ4v) is 4.80. The molecule has 2 aromatic carbocycles. The van der Waals surface area contributed by atoms with Crippen molar-refractivity contribution in [2.75, 3.05) is 7.05 Å². The van der Waals surface area contributed by atoms with Crippen LogP contribution >= 0.6 is 0 Å². The van der Waals surface area contributed by atoms with Gasteiger partial charge in [0.2, 0.25) is 0 Å². The van der Waals surface area contributed by atoms with Crippen LogP contribution < -0.4 is 5.32 Å². The maximum absolute atomic E-state index is 4.87. The van der Waals surface area contributed by atoms with Crippen molar-refractivity contribution >= 4 is 11.0 Å². The third kappa shape index (κ3) is 4.31. The summed E-state index contributed by atoms with van der Waals surface area (Å²) < 4.78 is 0. The van der Waals surface area contributed by atoms with Crippen molar-refractivity contribution in [3.8, 4) is 0 Å². The van der Waals surface area contributed by atoms with Crippen molar-refractivity contribution < 1.29 is 0 Å². The summed E-state index contributed by atoms with van der Waals surface area (Å²) in [7, 11) is 2.00. The largest absolute Gasteiger partial charge is 0.341 e. The van der Waals surface area contributed by atoms with Gasteiger partial charge in [-0.1, -0.05) is 42.5 Å². The Bertz CT molecular complexity index is 1150. The van der Waals surface area contributed by atoms with Crippen molar-refractivity contribution in [2.24, 2.45) is 0 Å². The van der Waals surface area contributed by atoms with E-state index in [4.69, 9.17) is 9.97 Å². The number of rotatable bonds is 7. The average Bonchev–Trinajstić information content (AvgIpc) is 3.26. The van der Waals surface area contributed by atoms with Gasteiger partial charge in [-0.15, -0.1) is 0 Å². The fourth-order valence-electron chi connectivity index (χ4n) is 4.80. The molecule has 2 aromatic heterocycles. The third-order valence-electron chi connectivity index (χ3n) is 6.70. The molecule has 1 aliphatic carbocycles. The predicted octanol–water partition coefficient (Wildman–Crippen LogP) is 5.32. The molecule has 0 bridgehead atoms. The van der Waals surface area contributed by atoms with Crippen LogP contribution in [0.3, 0.4) is 0 Å². The number of para-hydroxylation sites is 2. The van der Waals surface area contributed by atoms with Crippen LogP contribution in [0.25, 0.3) is 11.0 Å². The second-order valence-electron chi connectivity index (χ2n) is 8.81. The Kier molecular flexibility index (Phi) is 6.02. The average molecular weight is 426 g/mol. The van der Waals surface area contributed by atoms with Gasteiger partial charge in [0.05, 0.1) is 29.3 Å². The van der Waals surface area contributed by atoms with E-state index in [1.165, 1.54) is 28.8 Å². The zero-order valence-corrected chi connectivity index (χ0v) is 18.9. The lowest BCUT2D eigenvalue weighted by Crippen LogP contribution is -2.31. The van der Waals surface area contributed by atoms with E-state index in [0.29, 0.717) is 12.1 Å². The first-order valence-corrected chi connectivity index (χ1v) is 11.6. The van der Waals surface area contributed by atoms with Gasteiger partial charge in [-0.05, 0) is 68.1 Å². The molecule has 0 aliphatic heterocycles. The topological polar surface area (TPSA) is 56.8 Å². The molecule has 0 saturated carbocycles.